The van der Waals surface area contributed by atoms with Gasteiger partial charge in [0.25, 0.3) is 5.91 Å². The number of halogens is 1. The molecule has 0 bridgehead atoms. The quantitative estimate of drug-likeness (QED) is 0.565. The van der Waals surface area contributed by atoms with Crippen molar-refractivity contribution in [1.29, 1.82) is 0 Å². The number of rotatable bonds is 6. The first-order valence-corrected chi connectivity index (χ1v) is 9.59. The van der Waals surface area contributed by atoms with E-state index in [4.69, 9.17) is 0 Å². The number of anilines is 2. The zero-order chi connectivity index (χ0) is 19.9. The second kappa shape index (κ2) is 9.19. The molecule has 0 aliphatic carbocycles. The van der Waals surface area contributed by atoms with Gasteiger partial charge in [0.15, 0.2) is 0 Å². The Morgan fingerprint density at radius 3 is 2.11 bits per heavy atom. The van der Waals surface area contributed by atoms with Crippen molar-refractivity contribution in [1.82, 2.24) is 0 Å². The molecule has 0 heterocycles. The third kappa shape index (κ3) is 5.20. The SMILES string of the molecule is CC(Sc1ccc(NC(=O)c2ccccc2F)cc1)C(=O)Nc1ccccc1. The van der Waals surface area contributed by atoms with Gasteiger partial charge >= 0.3 is 0 Å². The molecule has 142 valence electrons. The zero-order valence-electron chi connectivity index (χ0n) is 15.2. The van der Waals surface area contributed by atoms with Crippen LogP contribution in [0.4, 0.5) is 15.8 Å². The molecule has 0 saturated carbocycles. The first-order valence-electron chi connectivity index (χ1n) is 8.71. The Labute approximate surface area is 167 Å². The molecule has 2 amide bonds. The first kappa shape index (κ1) is 19.6. The maximum atomic E-state index is 13.7. The van der Waals surface area contributed by atoms with E-state index in [0.29, 0.717) is 5.69 Å². The van der Waals surface area contributed by atoms with Crippen LogP contribution < -0.4 is 10.6 Å². The summed E-state index contributed by atoms with van der Waals surface area (Å²) >= 11 is 1.41. The van der Waals surface area contributed by atoms with E-state index in [1.165, 1.54) is 30.0 Å². The lowest BCUT2D eigenvalue weighted by molar-refractivity contribution is -0.115. The van der Waals surface area contributed by atoms with E-state index in [-0.39, 0.29) is 16.7 Å². The summed E-state index contributed by atoms with van der Waals surface area (Å²) in [6.07, 6.45) is 0. The Balaban J connectivity index is 1.57. The van der Waals surface area contributed by atoms with Crippen LogP contribution in [0.3, 0.4) is 0 Å². The maximum Gasteiger partial charge on any atom is 0.258 e. The van der Waals surface area contributed by atoms with E-state index in [1.807, 2.05) is 49.4 Å². The van der Waals surface area contributed by atoms with E-state index in [2.05, 4.69) is 10.6 Å². The maximum absolute atomic E-state index is 13.7. The van der Waals surface area contributed by atoms with Gasteiger partial charge in [0, 0.05) is 16.3 Å². The monoisotopic (exact) mass is 394 g/mol. The van der Waals surface area contributed by atoms with Crippen LogP contribution >= 0.6 is 11.8 Å². The van der Waals surface area contributed by atoms with Gasteiger partial charge < -0.3 is 10.6 Å². The molecule has 3 aromatic rings. The average molecular weight is 394 g/mol. The normalized spacial score (nSPS) is 11.5. The Hall–Kier alpha value is -3.12. The van der Waals surface area contributed by atoms with Gasteiger partial charge in [-0.25, -0.2) is 4.39 Å². The van der Waals surface area contributed by atoms with E-state index in [1.54, 1.807) is 18.2 Å². The molecule has 0 aliphatic heterocycles. The van der Waals surface area contributed by atoms with Gasteiger partial charge in [-0.1, -0.05) is 30.3 Å². The lowest BCUT2D eigenvalue weighted by Gasteiger charge is -2.12. The third-order valence-corrected chi connectivity index (χ3v) is 5.07. The van der Waals surface area contributed by atoms with Gasteiger partial charge in [-0.2, -0.15) is 0 Å². The number of amides is 2. The van der Waals surface area contributed by atoms with Crippen molar-refractivity contribution < 1.29 is 14.0 Å². The summed E-state index contributed by atoms with van der Waals surface area (Å²) in [6, 6.07) is 22.2. The number of thioether (sulfide) groups is 1. The lowest BCUT2D eigenvalue weighted by Crippen LogP contribution is -2.22. The number of carbonyl (C=O) groups is 2. The van der Waals surface area contributed by atoms with Gasteiger partial charge in [-0.3, -0.25) is 9.59 Å². The number of hydrogen-bond donors (Lipinski definition) is 2. The molecule has 0 aromatic heterocycles. The molecular formula is C22H19FN2O2S. The summed E-state index contributed by atoms with van der Waals surface area (Å²) in [5, 5.41) is 5.25. The van der Waals surface area contributed by atoms with Crippen LogP contribution in [-0.2, 0) is 4.79 Å². The largest absolute Gasteiger partial charge is 0.325 e. The van der Waals surface area contributed by atoms with Gasteiger partial charge in [-0.05, 0) is 55.5 Å². The number of benzene rings is 3. The Kier molecular flexibility index (Phi) is 6.45. The summed E-state index contributed by atoms with van der Waals surface area (Å²) < 4.78 is 13.7. The summed E-state index contributed by atoms with van der Waals surface area (Å²) in [7, 11) is 0. The number of para-hydroxylation sites is 1. The molecule has 0 spiro atoms. The predicted molar refractivity (Wildman–Crippen MR) is 111 cm³/mol. The smallest absolute Gasteiger partial charge is 0.258 e. The van der Waals surface area contributed by atoms with Gasteiger partial charge in [0.2, 0.25) is 5.91 Å². The third-order valence-electron chi connectivity index (χ3n) is 3.95. The van der Waals surface area contributed by atoms with Crippen molar-refractivity contribution in [2.75, 3.05) is 10.6 Å². The Morgan fingerprint density at radius 1 is 0.821 bits per heavy atom. The molecule has 0 radical (unpaired) electrons. The lowest BCUT2D eigenvalue weighted by atomic mass is 10.2. The van der Waals surface area contributed by atoms with E-state index in [9.17, 15) is 14.0 Å². The second-order valence-corrected chi connectivity index (χ2v) is 7.49. The topological polar surface area (TPSA) is 58.2 Å². The van der Waals surface area contributed by atoms with Crippen molar-refractivity contribution in [2.45, 2.75) is 17.1 Å². The molecular weight excluding hydrogens is 375 g/mol. The standard InChI is InChI=1S/C22H19FN2O2S/c1-15(21(26)24-16-7-3-2-4-8-16)28-18-13-11-17(12-14-18)25-22(27)19-9-5-6-10-20(19)23/h2-15H,1H3,(H,24,26)(H,25,27). The van der Waals surface area contributed by atoms with Crippen LogP contribution in [0.5, 0.6) is 0 Å². The van der Waals surface area contributed by atoms with Crippen molar-refractivity contribution in [3.8, 4) is 0 Å². The molecule has 1 unspecified atom stereocenters. The zero-order valence-corrected chi connectivity index (χ0v) is 16.0. The van der Waals surface area contributed by atoms with E-state index < -0.39 is 11.7 Å². The average Bonchev–Trinajstić information content (AvgIpc) is 2.70. The molecule has 0 fully saturated rings. The van der Waals surface area contributed by atoms with Crippen LogP contribution in [-0.4, -0.2) is 17.1 Å². The second-order valence-electron chi connectivity index (χ2n) is 6.07. The molecule has 1 atom stereocenters. The molecule has 28 heavy (non-hydrogen) atoms. The first-order chi connectivity index (χ1) is 13.5. The summed E-state index contributed by atoms with van der Waals surface area (Å²) in [6.45, 7) is 1.83. The Bertz CT molecular complexity index is 962. The summed E-state index contributed by atoms with van der Waals surface area (Å²) in [4.78, 5) is 25.3. The molecule has 3 aromatic carbocycles. The van der Waals surface area contributed by atoms with E-state index in [0.717, 1.165) is 10.6 Å². The fraction of sp³-hybridized carbons (Fsp3) is 0.0909. The van der Waals surface area contributed by atoms with Crippen LogP contribution in [0.25, 0.3) is 0 Å². The van der Waals surface area contributed by atoms with Crippen molar-refractivity contribution >= 4 is 35.0 Å². The number of hydrogen-bond acceptors (Lipinski definition) is 3. The predicted octanol–water partition coefficient (Wildman–Crippen LogP) is 5.20. The van der Waals surface area contributed by atoms with Crippen LogP contribution in [0.15, 0.2) is 83.8 Å². The minimum atomic E-state index is -0.564. The number of nitrogens with one attached hydrogen (secondary N) is 2. The summed E-state index contributed by atoms with van der Waals surface area (Å²) in [5.41, 5.74) is 1.30. The number of carbonyl (C=O) groups excluding carboxylic acids is 2. The molecule has 0 saturated heterocycles. The molecule has 0 aliphatic rings. The van der Waals surface area contributed by atoms with Crippen molar-refractivity contribution in [2.24, 2.45) is 0 Å². The highest BCUT2D eigenvalue weighted by atomic mass is 32.2. The molecule has 3 rings (SSSR count). The fourth-order valence-corrected chi connectivity index (χ4v) is 3.35. The van der Waals surface area contributed by atoms with Crippen LogP contribution in [0, 0.1) is 5.82 Å². The van der Waals surface area contributed by atoms with Gasteiger partial charge in [0.1, 0.15) is 5.82 Å². The highest BCUT2D eigenvalue weighted by Crippen LogP contribution is 2.26. The Morgan fingerprint density at radius 2 is 1.43 bits per heavy atom. The van der Waals surface area contributed by atoms with Gasteiger partial charge in [-0.15, -0.1) is 11.8 Å². The molecule has 2 N–H and O–H groups in total. The highest BCUT2D eigenvalue weighted by molar-refractivity contribution is 8.00. The molecule has 6 heteroatoms. The van der Waals surface area contributed by atoms with Crippen LogP contribution in [0.2, 0.25) is 0 Å². The summed E-state index contributed by atoms with van der Waals surface area (Å²) in [5.74, 6) is -1.16. The highest BCUT2D eigenvalue weighted by Gasteiger charge is 2.15. The van der Waals surface area contributed by atoms with Crippen LogP contribution in [0.1, 0.15) is 17.3 Å². The minimum Gasteiger partial charge on any atom is -0.325 e. The van der Waals surface area contributed by atoms with Crippen molar-refractivity contribution in [3.05, 3.63) is 90.2 Å². The fourth-order valence-electron chi connectivity index (χ4n) is 2.48. The molecule has 4 nitrogen and oxygen atoms in total. The van der Waals surface area contributed by atoms with Crippen molar-refractivity contribution in [3.63, 3.8) is 0 Å². The van der Waals surface area contributed by atoms with E-state index >= 15 is 0 Å². The van der Waals surface area contributed by atoms with Gasteiger partial charge in [0.05, 0.1) is 10.8 Å². The minimum absolute atomic E-state index is 0.00726.